The molecule has 2 aromatic carbocycles. The lowest BCUT2D eigenvalue weighted by atomic mass is 10.2. The number of nitroso groups, excluding NO2 is 1. The van der Waals surface area contributed by atoms with Gasteiger partial charge in [0.2, 0.25) is 0 Å². The number of ether oxygens (including phenoxy) is 1. The van der Waals surface area contributed by atoms with Crippen LogP contribution in [0.1, 0.15) is 6.92 Å². The quantitative estimate of drug-likeness (QED) is 0.273. The number of hydrogen-bond acceptors (Lipinski definition) is 7. The molecule has 0 radical (unpaired) electrons. The highest BCUT2D eigenvalue weighted by molar-refractivity contribution is 5.81. The topological polar surface area (TPSA) is 83.7 Å². The normalized spacial score (nSPS) is 10.5. The van der Waals surface area contributed by atoms with Crippen molar-refractivity contribution in [3.8, 4) is 0 Å². The fourth-order valence-corrected chi connectivity index (χ4v) is 2.21. The van der Waals surface area contributed by atoms with E-state index in [1.165, 1.54) is 0 Å². The molecule has 0 saturated heterocycles. The molecule has 0 aliphatic heterocycles. The molecule has 0 atom stereocenters. The van der Waals surface area contributed by atoms with E-state index < -0.39 is 5.97 Å². The maximum Gasteiger partial charge on any atom is 0.330 e. The second-order valence-electron chi connectivity index (χ2n) is 5.28. The summed E-state index contributed by atoms with van der Waals surface area (Å²) in [5.41, 5.74) is 2.70. The van der Waals surface area contributed by atoms with Crippen LogP contribution in [0.15, 0.2) is 76.6 Å². The van der Waals surface area contributed by atoms with E-state index >= 15 is 0 Å². The van der Waals surface area contributed by atoms with E-state index in [1.807, 2.05) is 31.2 Å². The molecular formula is C19H20N4O3. The van der Waals surface area contributed by atoms with Crippen molar-refractivity contribution >= 4 is 28.7 Å². The van der Waals surface area contributed by atoms with Gasteiger partial charge in [-0.15, -0.1) is 4.91 Å². The zero-order valence-corrected chi connectivity index (χ0v) is 14.5. The van der Waals surface area contributed by atoms with Crippen molar-refractivity contribution in [1.29, 1.82) is 0 Å². The number of benzene rings is 2. The van der Waals surface area contributed by atoms with Gasteiger partial charge in [0.05, 0.1) is 17.9 Å². The molecule has 0 amide bonds. The van der Waals surface area contributed by atoms with Crippen molar-refractivity contribution in [2.45, 2.75) is 6.92 Å². The van der Waals surface area contributed by atoms with E-state index in [9.17, 15) is 9.70 Å². The van der Waals surface area contributed by atoms with Gasteiger partial charge in [0.15, 0.2) is 0 Å². The molecule has 0 heterocycles. The Morgan fingerprint density at radius 2 is 1.58 bits per heavy atom. The number of hydrogen-bond donors (Lipinski definition) is 0. The van der Waals surface area contributed by atoms with Crippen LogP contribution in [0.5, 0.6) is 0 Å². The van der Waals surface area contributed by atoms with Gasteiger partial charge in [-0.2, -0.15) is 10.2 Å². The molecule has 0 N–H and O–H groups in total. The number of carbonyl (C=O) groups is 1. The van der Waals surface area contributed by atoms with Crippen molar-refractivity contribution in [2.24, 2.45) is 15.4 Å². The van der Waals surface area contributed by atoms with Crippen LogP contribution in [0, 0.1) is 4.91 Å². The molecule has 0 aromatic heterocycles. The first kappa shape index (κ1) is 19.0. The number of esters is 1. The maximum absolute atomic E-state index is 11.1. The number of likely N-dealkylation sites (N-methyl/N-ethyl adjacent to an activating group) is 1. The molecular weight excluding hydrogens is 332 g/mol. The van der Waals surface area contributed by atoms with Crippen LogP contribution in [-0.4, -0.2) is 25.7 Å². The van der Waals surface area contributed by atoms with E-state index in [0.717, 1.165) is 18.3 Å². The molecule has 0 aliphatic rings. The summed E-state index contributed by atoms with van der Waals surface area (Å²) in [6, 6.07) is 14.1. The SMILES string of the molecule is C=CC(=O)OCCN(CC)c1ccc(N=Nc2ccc(N=O)cc2)cc1. The summed E-state index contributed by atoms with van der Waals surface area (Å²) in [7, 11) is 0. The van der Waals surface area contributed by atoms with Crippen LogP contribution in [0.3, 0.4) is 0 Å². The Hall–Kier alpha value is -3.35. The monoisotopic (exact) mass is 352 g/mol. The van der Waals surface area contributed by atoms with E-state index in [1.54, 1.807) is 24.3 Å². The Morgan fingerprint density at radius 1 is 1.04 bits per heavy atom. The smallest absolute Gasteiger partial charge is 0.330 e. The molecule has 0 unspecified atom stereocenters. The number of rotatable bonds is 9. The molecule has 2 rings (SSSR count). The predicted octanol–water partition coefficient (Wildman–Crippen LogP) is 5.06. The van der Waals surface area contributed by atoms with Crippen LogP contribution in [0.4, 0.5) is 22.7 Å². The van der Waals surface area contributed by atoms with E-state index in [2.05, 4.69) is 26.9 Å². The third-order valence-corrected chi connectivity index (χ3v) is 3.60. The summed E-state index contributed by atoms with van der Waals surface area (Å²) >= 11 is 0. The Bertz CT molecular complexity index is 770. The van der Waals surface area contributed by atoms with E-state index in [0.29, 0.717) is 30.2 Å². The zero-order valence-electron chi connectivity index (χ0n) is 14.5. The van der Waals surface area contributed by atoms with Gasteiger partial charge in [0.25, 0.3) is 0 Å². The average Bonchev–Trinajstić information content (AvgIpc) is 2.70. The minimum atomic E-state index is -0.422. The second kappa shape index (κ2) is 9.83. The lowest BCUT2D eigenvalue weighted by Crippen LogP contribution is -2.27. The summed E-state index contributed by atoms with van der Waals surface area (Å²) in [5, 5.41) is 11.1. The van der Waals surface area contributed by atoms with Crippen molar-refractivity contribution < 1.29 is 9.53 Å². The standard InChI is InChI=1S/C19H20N4O3/c1-3-19(24)26-14-13-23(4-2)18-11-9-16(10-12-18)21-20-15-5-7-17(22-25)8-6-15/h3,5-12H,1,4,13-14H2,2H3. The molecule has 0 aliphatic carbocycles. The Kier molecular flexibility index (Phi) is 7.17. The molecule has 7 nitrogen and oxygen atoms in total. The van der Waals surface area contributed by atoms with Crippen molar-refractivity contribution in [3.63, 3.8) is 0 Å². The van der Waals surface area contributed by atoms with E-state index in [-0.39, 0.29) is 0 Å². The highest BCUT2D eigenvalue weighted by Crippen LogP contribution is 2.23. The molecule has 0 saturated carbocycles. The largest absolute Gasteiger partial charge is 0.461 e. The molecule has 0 bridgehead atoms. The van der Waals surface area contributed by atoms with Gasteiger partial charge in [0, 0.05) is 18.3 Å². The minimum absolute atomic E-state index is 0.297. The average molecular weight is 352 g/mol. The summed E-state index contributed by atoms with van der Waals surface area (Å²) in [6.07, 6.45) is 1.15. The summed E-state index contributed by atoms with van der Waals surface area (Å²) in [5.74, 6) is -0.422. The van der Waals surface area contributed by atoms with E-state index in [4.69, 9.17) is 4.74 Å². The van der Waals surface area contributed by atoms with Gasteiger partial charge in [0.1, 0.15) is 12.3 Å². The molecule has 134 valence electrons. The highest BCUT2D eigenvalue weighted by atomic mass is 16.5. The summed E-state index contributed by atoms with van der Waals surface area (Å²) in [4.78, 5) is 23.6. The van der Waals surface area contributed by atoms with Gasteiger partial charge < -0.3 is 9.64 Å². The first-order chi connectivity index (χ1) is 12.7. The number of carbonyl (C=O) groups excluding carboxylic acids is 1. The second-order valence-corrected chi connectivity index (χ2v) is 5.28. The van der Waals surface area contributed by atoms with Crippen molar-refractivity contribution in [1.82, 2.24) is 0 Å². The number of anilines is 1. The van der Waals surface area contributed by atoms with Gasteiger partial charge in [-0.05, 0) is 60.6 Å². The first-order valence-electron chi connectivity index (χ1n) is 8.15. The fraction of sp³-hybridized carbons (Fsp3) is 0.211. The third kappa shape index (κ3) is 5.62. The number of azo groups is 1. The lowest BCUT2D eigenvalue weighted by Gasteiger charge is -2.22. The van der Waals surface area contributed by atoms with Crippen LogP contribution in [0.2, 0.25) is 0 Å². The highest BCUT2D eigenvalue weighted by Gasteiger charge is 2.05. The van der Waals surface area contributed by atoms with Crippen LogP contribution in [-0.2, 0) is 9.53 Å². The van der Waals surface area contributed by atoms with Gasteiger partial charge in [-0.3, -0.25) is 0 Å². The van der Waals surface area contributed by atoms with Crippen molar-refractivity contribution in [3.05, 3.63) is 66.1 Å². The van der Waals surface area contributed by atoms with Gasteiger partial charge in [-0.1, -0.05) is 6.58 Å². The van der Waals surface area contributed by atoms with Gasteiger partial charge >= 0.3 is 5.97 Å². The minimum Gasteiger partial charge on any atom is -0.461 e. The maximum atomic E-state index is 11.1. The third-order valence-electron chi connectivity index (χ3n) is 3.60. The molecule has 26 heavy (non-hydrogen) atoms. The van der Waals surface area contributed by atoms with Crippen LogP contribution in [0.25, 0.3) is 0 Å². The summed E-state index contributed by atoms with van der Waals surface area (Å²) in [6.45, 7) is 7.07. The fourth-order valence-electron chi connectivity index (χ4n) is 2.21. The molecule has 7 heteroatoms. The Labute approximate surface area is 152 Å². The Balaban J connectivity index is 1.96. The van der Waals surface area contributed by atoms with Crippen molar-refractivity contribution in [2.75, 3.05) is 24.6 Å². The molecule has 0 spiro atoms. The summed E-state index contributed by atoms with van der Waals surface area (Å²) < 4.78 is 5.01. The lowest BCUT2D eigenvalue weighted by molar-refractivity contribution is -0.137. The van der Waals surface area contributed by atoms with Crippen LogP contribution < -0.4 is 4.90 Å². The zero-order chi connectivity index (χ0) is 18.8. The van der Waals surface area contributed by atoms with Gasteiger partial charge in [-0.25, -0.2) is 4.79 Å². The first-order valence-corrected chi connectivity index (χ1v) is 8.15. The molecule has 2 aromatic rings. The van der Waals surface area contributed by atoms with Crippen LogP contribution >= 0.6 is 0 Å². The Morgan fingerprint density at radius 3 is 2.08 bits per heavy atom. The molecule has 0 fully saturated rings. The predicted molar refractivity (Wildman–Crippen MR) is 102 cm³/mol. The number of nitrogens with zero attached hydrogens (tertiary/aromatic N) is 4.